The van der Waals surface area contributed by atoms with Gasteiger partial charge >= 0.3 is 12.0 Å². The van der Waals surface area contributed by atoms with Crippen LogP contribution in [0.1, 0.15) is 32.1 Å². The van der Waals surface area contributed by atoms with Gasteiger partial charge in [0, 0.05) is 12.6 Å². The number of hydrogen-bond acceptors (Lipinski definition) is 4. The predicted molar refractivity (Wildman–Crippen MR) is 76.4 cm³/mol. The molecule has 2 amide bonds. The van der Waals surface area contributed by atoms with Crippen molar-refractivity contribution in [1.82, 2.24) is 10.3 Å². The van der Waals surface area contributed by atoms with Crippen LogP contribution in [0, 0.1) is 0 Å². The van der Waals surface area contributed by atoms with Gasteiger partial charge in [-0.25, -0.2) is 9.78 Å². The highest BCUT2D eigenvalue weighted by molar-refractivity contribution is 5.89. The van der Waals surface area contributed by atoms with Crippen molar-refractivity contribution in [2.75, 3.05) is 11.9 Å². The lowest BCUT2D eigenvalue weighted by molar-refractivity contribution is -0.136. The zero-order valence-corrected chi connectivity index (χ0v) is 11.7. The number of hydrogen-bond donors (Lipinski definition) is 3. The number of rotatable bonds is 6. The van der Waals surface area contributed by atoms with Gasteiger partial charge in [0.25, 0.3) is 0 Å². The topological polar surface area (TPSA) is 101 Å². The molecule has 114 valence electrons. The molecule has 7 nitrogen and oxygen atoms in total. The monoisotopic (exact) mass is 293 g/mol. The second-order valence-corrected chi connectivity index (χ2v) is 4.93. The molecule has 21 heavy (non-hydrogen) atoms. The van der Waals surface area contributed by atoms with E-state index in [0.29, 0.717) is 11.6 Å². The highest BCUT2D eigenvalue weighted by atomic mass is 16.5. The lowest BCUT2D eigenvalue weighted by Gasteiger charge is -2.12. The van der Waals surface area contributed by atoms with Crippen LogP contribution in [0.25, 0.3) is 0 Å². The molecule has 7 heteroatoms. The minimum atomic E-state index is -0.953. The zero-order chi connectivity index (χ0) is 15.1. The van der Waals surface area contributed by atoms with E-state index in [2.05, 4.69) is 15.6 Å². The molecule has 1 aromatic heterocycles. The van der Waals surface area contributed by atoms with Gasteiger partial charge in [-0.15, -0.1) is 0 Å². The number of nitrogens with zero attached hydrogens (tertiary/aromatic N) is 1. The molecule has 1 heterocycles. The van der Waals surface area contributed by atoms with Crippen LogP contribution in [0.2, 0.25) is 0 Å². The summed E-state index contributed by atoms with van der Waals surface area (Å²) in [7, 11) is 0. The Morgan fingerprint density at radius 2 is 2.10 bits per heavy atom. The van der Waals surface area contributed by atoms with Crippen molar-refractivity contribution < 1.29 is 19.4 Å². The number of aromatic nitrogens is 1. The maximum absolute atomic E-state index is 11.5. The maximum Gasteiger partial charge on any atom is 0.319 e. The highest BCUT2D eigenvalue weighted by Gasteiger charge is 2.16. The molecule has 2 rings (SSSR count). The van der Waals surface area contributed by atoms with E-state index in [-0.39, 0.29) is 19.1 Å². The van der Waals surface area contributed by atoms with Crippen molar-refractivity contribution in [3.05, 3.63) is 18.3 Å². The lowest BCUT2D eigenvalue weighted by Crippen LogP contribution is -2.30. The van der Waals surface area contributed by atoms with Gasteiger partial charge in [0.1, 0.15) is 6.10 Å². The summed E-state index contributed by atoms with van der Waals surface area (Å²) in [6.07, 6.45) is 6.17. The van der Waals surface area contributed by atoms with Gasteiger partial charge in [-0.2, -0.15) is 0 Å². The number of amides is 2. The van der Waals surface area contributed by atoms with E-state index in [0.717, 1.165) is 12.8 Å². The first-order valence-corrected chi connectivity index (χ1v) is 7.03. The molecule has 0 unspecified atom stereocenters. The standard InChI is InChI=1S/C14H19N3O4/c18-13(19)7-8-15-14(20)17-10-5-6-12(16-9-10)21-11-3-1-2-4-11/h5-6,9,11H,1-4,7-8H2,(H,18,19)(H2,15,17,20). The third kappa shape index (κ3) is 5.29. The first-order valence-electron chi connectivity index (χ1n) is 7.03. The number of carboxylic acids is 1. The van der Waals surface area contributed by atoms with E-state index in [4.69, 9.17) is 9.84 Å². The van der Waals surface area contributed by atoms with Gasteiger partial charge in [-0.1, -0.05) is 0 Å². The smallest absolute Gasteiger partial charge is 0.319 e. The van der Waals surface area contributed by atoms with Crippen molar-refractivity contribution in [2.24, 2.45) is 0 Å². The predicted octanol–water partition coefficient (Wildman–Crippen LogP) is 2.00. The Morgan fingerprint density at radius 3 is 2.71 bits per heavy atom. The minimum Gasteiger partial charge on any atom is -0.481 e. The van der Waals surface area contributed by atoms with Crippen LogP contribution in [-0.4, -0.2) is 34.7 Å². The van der Waals surface area contributed by atoms with Crippen molar-refractivity contribution >= 4 is 17.7 Å². The van der Waals surface area contributed by atoms with Gasteiger partial charge in [-0.05, 0) is 31.7 Å². The molecule has 0 radical (unpaired) electrons. The summed E-state index contributed by atoms with van der Waals surface area (Å²) in [6.45, 7) is 0.0808. The molecule has 0 aromatic carbocycles. The Kier molecular flexibility index (Phi) is 5.36. The third-order valence-corrected chi connectivity index (χ3v) is 3.21. The second-order valence-electron chi connectivity index (χ2n) is 4.93. The second kappa shape index (κ2) is 7.47. The van der Waals surface area contributed by atoms with Gasteiger partial charge in [0.05, 0.1) is 18.3 Å². The molecule has 3 N–H and O–H groups in total. The third-order valence-electron chi connectivity index (χ3n) is 3.21. The van der Waals surface area contributed by atoms with Gasteiger partial charge in [0.2, 0.25) is 5.88 Å². The van der Waals surface area contributed by atoms with Crippen molar-refractivity contribution in [2.45, 2.75) is 38.2 Å². The summed E-state index contributed by atoms with van der Waals surface area (Å²) in [6, 6.07) is 2.96. The number of carbonyl (C=O) groups excluding carboxylic acids is 1. The van der Waals surface area contributed by atoms with E-state index in [1.807, 2.05) is 0 Å². The molecule has 0 spiro atoms. The highest BCUT2D eigenvalue weighted by Crippen LogP contribution is 2.23. The van der Waals surface area contributed by atoms with E-state index < -0.39 is 12.0 Å². The van der Waals surface area contributed by atoms with Crippen molar-refractivity contribution in [3.63, 3.8) is 0 Å². The van der Waals surface area contributed by atoms with Gasteiger partial charge in [-0.3, -0.25) is 4.79 Å². The maximum atomic E-state index is 11.5. The zero-order valence-electron chi connectivity index (χ0n) is 11.7. The first kappa shape index (κ1) is 15.1. The fourth-order valence-corrected chi connectivity index (χ4v) is 2.16. The number of aliphatic carboxylic acids is 1. The molecular weight excluding hydrogens is 274 g/mol. The van der Waals surface area contributed by atoms with Gasteiger partial charge in [0.15, 0.2) is 0 Å². The average molecular weight is 293 g/mol. The summed E-state index contributed by atoms with van der Waals surface area (Å²) in [5.74, 6) is -0.399. The van der Waals surface area contributed by atoms with Gasteiger partial charge < -0.3 is 20.5 Å². The van der Waals surface area contributed by atoms with Crippen LogP contribution < -0.4 is 15.4 Å². The molecule has 1 saturated carbocycles. The number of ether oxygens (including phenoxy) is 1. The van der Waals surface area contributed by atoms with E-state index in [1.54, 1.807) is 12.1 Å². The van der Waals surface area contributed by atoms with E-state index in [1.165, 1.54) is 19.0 Å². The summed E-state index contributed by atoms with van der Waals surface area (Å²) in [5, 5.41) is 13.5. The quantitative estimate of drug-likeness (QED) is 0.744. The van der Waals surface area contributed by atoms with Crippen LogP contribution in [0.3, 0.4) is 0 Å². The Bertz CT molecular complexity index is 483. The largest absolute Gasteiger partial charge is 0.481 e. The Morgan fingerprint density at radius 1 is 1.33 bits per heavy atom. The summed E-state index contributed by atoms with van der Waals surface area (Å²) in [5.41, 5.74) is 0.529. The molecule has 0 aliphatic heterocycles. The van der Waals surface area contributed by atoms with Crippen LogP contribution >= 0.6 is 0 Å². The van der Waals surface area contributed by atoms with Crippen LogP contribution in [-0.2, 0) is 4.79 Å². The molecular formula is C14H19N3O4. The minimum absolute atomic E-state index is 0.0808. The van der Waals surface area contributed by atoms with E-state index in [9.17, 15) is 9.59 Å². The molecule has 1 fully saturated rings. The summed E-state index contributed by atoms with van der Waals surface area (Å²) in [4.78, 5) is 26.0. The number of carboxylic acid groups (broad SMARTS) is 1. The number of pyridine rings is 1. The number of nitrogens with one attached hydrogen (secondary N) is 2. The molecule has 0 atom stereocenters. The van der Waals surface area contributed by atoms with Crippen LogP contribution in [0.4, 0.5) is 10.5 Å². The number of anilines is 1. The summed E-state index contributed by atoms with van der Waals surface area (Å²) >= 11 is 0. The number of carbonyl (C=O) groups is 2. The molecule has 1 aliphatic rings. The number of urea groups is 1. The molecule has 1 aromatic rings. The molecule has 0 bridgehead atoms. The molecule has 1 aliphatic carbocycles. The van der Waals surface area contributed by atoms with Crippen LogP contribution in [0.15, 0.2) is 18.3 Å². The fourth-order valence-electron chi connectivity index (χ4n) is 2.16. The Labute approximate surface area is 122 Å². The average Bonchev–Trinajstić information content (AvgIpc) is 2.93. The lowest BCUT2D eigenvalue weighted by atomic mass is 10.3. The van der Waals surface area contributed by atoms with Crippen molar-refractivity contribution in [3.8, 4) is 5.88 Å². The SMILES string of the molecule is O=C(O)CCNC(=O)Nc1ccc(OC2CCCC2)nc1. The van der Waals surface area contributed by atoms with E-state index >= 15 is 0 Å². The Balaban J connectivity index is 1.76. The first-order chi connectivity index (χ1) is 10.1. The normalized spacial score (nSPS) is 14.7. The van der Waals surface area contributed by atoms with Crippen LogP contribution in [0.5, 0.6) is 5.88 Å². The Hall–Kier alpha value is -2.31. The summed E-state index contributed by atoms with van der Waals surface area (Å²) < 4.78 is 5.72. The van der Waals surface area contributed by atoms with Crippen molar-refractivity contribution in [1.29, 1.82) is 0 Å². The molecule has 0 saturated heterocycles. The fraction of sp³-hybridized carbons (Fsp3) is 0.500.